The van der Waals surface area contributed by atoms with Crippen molar-refractivity contribution in [2.24, 2.45) is 0 Å². The number of fused-ring (bicyclic) bond motifs is 1. The van der Waals surface area contributed by atoms with E-state index in [0.717, 1.165) is 20.9 Å². The number of hydrogen-bond acceptors (Lipinski definition) is 4. The van der Waals surface area contributed by atoms with Crippen molar-refractivity contribution < 1.29 is 13.5 Å². The maximum Gasteiger partial charge on any atom is 0.127 e. The van der Waals surface area contributed by atoms with E-state index in [2.05, 4.69) is 31.2 Å². The Balaban J connectivity index is 1.60. The van der Waals surface area contributed by atoms with Crippen molar-refractivity contribution in [2.75, 3.05) is 6.61 Å². The summed E-state index contributed by atoms with van der Waals surface area (Å²) >= 11 is 1.46. The summed E-state index contributed by atoms with van der Waals surface area (Å²) < 4.78 is 33.8. The van der Waals surface area contributed by atoms with E-state index in [0.29, 0.717) is 17.9 Å². The van der Waals surface area contributed by atoms with E-state index in [1.807, 2.05) is 11.5 Å². The minimum atomic E-state index is -0.280. The Hall–Kier alpha value is -1.89. The van der Waals surface area contributed by atoms with E-state index in [1.54, 1.807) is 46.7 Å². The Kier molecular flexibility index (Phi) is 6.76. The second-order valence-electron chi connectivity index (χ2n) is 7.07. The molecule has 0 radical (unpaired) electrons. The van der Waals surface area contributed by atoms with Crippen LogP contribution in [0, 0.1) is 25.5 Å². The standard InChI is InChI=1S/C24H20F2OS3/c1-15-3-7-19(8-4-15)29-30-24-17(13-27-23-10-6-18(25)11-21(23)24)14-28-20-9-5-16(2)22(26)12-20/h3-12,14,24H,13H2,1-2H3/b17-14-. The smallest absolute Gasteiger partial charge is 0.127 e. The SMILES string of the molecule is Cc1ccc(SSC2/C(=C\Sc3ccc(C)c(F)c3)COc3ccc(F)cc32)cc1. The monoisotopic (exact) mass is 458 g/mol. The highest BCUT2D eigenvalue weighted by Crippen LogP contribution is 2.51. The molecule has 0 aliphatic carbocycles. The molecule has 0 saturated carbocycles. The van der Waals surface area contributed by atoms with Gasteiger partial charge in [-0.1, -0.05) is 57.1 Å². The highest BCUT2D eigenvalue weighted by molar-refractivity contribution is 8.76. The van der Waals surface area contributed by atoms with Gasteiger partial charge in [-0.3, -0.25) is 0 Å². The molecule has 3 aromatic carbocycles. The van der Waals surface area contributed by atoms with Crippen LogP contribution in [-0.4, -0.2) is 6.61 Å². The van der Waals surface area contributed by atoms with Gasteiger partial charge in [0.2, 0.25) is 0 Å². The first-order chi connectivity index (χ1) is 14.5. The van der Waals surface area contributed by atoms with Crippen LogP contribution in [0.25, 0.3) is 0 Å². The van der Waals surface area contributed by atoms with Gasteiger partial charge in [-0.15, -0.1) is 0 Å². The van der Waals surface area contributed by atoms with Crippen LogP contribution < -0.4 is 4.74 Å². The summed E-state index contributed by atoms with van der Waals surface area (Å²) in [5, 5.41) is 1.95. The van der Waals surface area contributed by atoms with Crippen molar-refractivity contribution in [1.82, 2.24) is 0 Å². The topological polar surface area (TPSA) is 9.23 Å². The molecular weight excluding hydrogens is 438 g/mol. The number of hydrogen-bond donors (Lipinski definition) is 0. The van der Waals surface area contributed by atoms with E-state index >= 15 is 0 Å². The van der Waals surface area contributed by atoms with Crippen LogP contribution in [0.2, 0.25) is 0 Å². The van der Waals surface area contributed by atoms with Crippen molar-refractivity contribution in [1.29, 1.82) is 0 Å². The largest absolute Gasteiger partial charge is 0.489 e. The Bertz CT molecular complexity index is 1080. The molecule has 0 N–H and O–H groups in total. The van der Waals surface area contributed by atoms with Gasteiger partial charge >= 0.3 is 0 Å². The van der Waals surface area contributed by atoms with Crippen LogP contribution in [0.3, 0.4) is 0 Å². The molecule has 0 spiro atoms. The van der Waals surface area contributed by atoms with Crippen LogP contribution >= 0.6 is 33.3 Å². The predicted molar refractivity (Wildman–Crippen MR) is 124 cm³/mol. The van der Waals surface area contributed by atoms with Gasteiger partial charge in [0, 0.05) is 15.4 Å². The molecule has 0 bridgehead atoms. The lowest BCUT2D eigenvalue weighted by Crippen LogP contribution is -2.15. The molecule has 1 unspecified atom stereocenters. The zero-order valence-electron chi connectivity index (χ0n) is 16.5. The third-order valence-electron chi connectivity index (χ3n) is 4.74. The molecule has 1 aliphatic heterocycles. The van der Waals surface area contributed by atoms with Crippen LogP contribution in [0.1, 0.15) is 21.9 Å². The number of thioether (sulfide) groups is 1. The van der Waals surface area contributed by atoms with Gasteiger partial charge in [0.25, 0.3) is 0 Å². The lowest BCUT2D eigenvalue weighted by molar-refractivity contribution is 0.330. The summed E-state index contributed by atoms with van der Waals surface area (Å²) in [7, 11) is 3.33. The summed E-state index contributed by atoms with van der Waals surface area (Å²) in [6.07, 6.45) is 0. The molecule has 6 heteroatoms. The minimum Gasteiger partial charge on any atom is -0.489 e. The predicted octanol–water partition coefficient (Wildman–Crippen LogP) is 8.13. The molecular formula is C24H20F2OS3. The van der Waals surface area contributed by atoms with Gasteiger partial charge in [0.15, 0.2) is 0 Å². The molecule has 0 saturated heterocycles. The average Bonchev–Trinajstić information content (AvgIpc) is 2.74. The van der Waals surface area contributed by atoms with E-state index in [9.17, 15) is 8.78 Å². The number of halogens is 2. The van der Waals surface area contributed by atoms with Gasteiger partial charge in [0.1, 0.15) is 24.0 Å². The normalized spacial score (nSPS) is 16.9. The molecule has 30 heavy (non-hydrogen) atoms. The number of rotatable bonds is 5. The summed E-state index contributed by atoms with van der Waals surface area (Å²) in [6, 6.07) is 18.2. The maximum atomic E-state index is 14.0. The fraction of sp³-hybridized carbons (Fsp3) is 0.167. The highest BCUT2D eigenvalue weighted by atomic mass is 33.1. The zero-order valence-corrected chi connectivity index (χ0v) is 19.0. The lowest BCUT2D eigenvalue weighted by atomic mass is 10.0. The Morgan fingerprint density at radius 2 is 1.70 bits per heavy atom. The molecule has 1 nitrogen and oxygen atoms in total. The molecule has 0 aromatic heterocycles. The molecule has 1 aliphatic rings. The minimum absolute atomic E-state index is 0.0569. The zero-order chi connectivity index (χ0) is 21.1. The molecule has 1 atom stereocenters. The molecule has 0 amide bonds. The Morgan fingerprint density at radius 3 is 2.47 bits per heavy atom. The first-order valence-electron chi connectivity index (χ1n) is 9.43. The summed E-state index contributed by atoms with van der Waals surface area (Å²) in [4.78, 5) is 1.97. The second-order valence-corrected chi connectivity index (χ2v) is 10.4. The van der Waals surface area contributed by atoms with E-state index < -0.39 is 0 Å². The van der Waals surface area contributed by atoms with Crippen molar-refractivity contribution in [3.63, 3.8) is 0 Å². The molecule has 1 heterocycles. The first-order valence-corrected chi connectivity index (χ1v) is 12.5. The molecule has 0 fully saturated rings. The quantitative estimate of drug-likeness (QED) is 0.282. The van der Waals surface area contributed by atoms with Gasteiger partial charge in [-0.2, -0.15) is 0 Å². The van der Waals surface area contributed by atoms with Gasteiger partial charge < -0.3 is 4.74 Å². The van der Waals surface area contributed by atoms with E-state index in [4.69, 9.17) is 4.74 Å². The lowest BCUT2D eigenvalue weighted by Gasteiger charge is -2.28. The van der Waals surface area contributed by atoms with Gasteiger partial charge in [-0.25, -0.2) is 8.78 Å². The van der Waals surface area contributed by atoms with E-state index in [-0.39, 0.29) is 16.9 Å². The Morgan fingerprint density at radius 1 is 0.933 bits per heavy atom. The summed E-state index contributed by atoms with van der Waals surface area (Å²) in [6.45, 7) is 4.23. The molecule has 3 aromatic rings. The fourth-order valence-electron chi connectivity index (χ4n) is 2.99. The van der Waals surface area contributed by atoms with E-state index in [1.165, 1.54) is 29.5 Å². The van der Waals surface area contributed by atoms with Crippen LogP contribution in [0.15, 0.2) is 81.4 Å². The number of benzene rings is 3. The fourth-order valence-corrected chi connectivity index (χ4v) is 6.52. The summed E-state index contributed by atoms with van der Waals surface area (Å²) in [5.74, 6) is 0.214. The average molecular weight is 459 g/mol. The number of aryl methyl sites for hydroxylation is 2. The second kappa shape index (κ2) is 9.50. The van der Waals surface area contributed by atoms with Gasteiger partial charge in [-0.05, 0) is 72.9 Å². The van der Waals surface area contributed by atoms with Crippen molar-refractivity contribution in [3.05, 3.63) is 100.0 Å². The van der Waals surface area contributed by atoms with Crippen LogP contribution in [-0.2, 0) is 0 Å². The molecule has 4 rings (SSSR count). The highest BCUT2D eigenvalue weighted by Gasteiger charge is 2.27. The number of ether oxygens (including phenoxy) is 1. The van der Waals surface area contributed by atoms with Crippen molar-refractivity contribution >= 4 is 33.3 Å². The van der Waals surface area contributed by atoms with Gasteiger partial charge in [0.05, 0.1) is 5.25 Å². The third-order valence-corrected chi connectivity index (χ3v) is 8.44. The summed E-state index contributed by atoms with van der Waals surface area (Å²) in [5.41, 5.74) is 3.70. The maximum absolute atomic E-state index is 14.0. The van der Waals surface area contributed by atoms with Crippen LogP contribution in [0.5, 0.6) is 5.75 Å². The third kappa shape index (κ3) is 5.05. The molecule has 154 valence electrons. The Labute approximate surface area is 187 Å². The first kappa shape index (κ1) is 21.3. The van der Waals surface area contributed by atoms with Crippen molar-refractivity contribution in [3.8, 4) is 5.75 Å². The van der Waals surface area contributed by atoms with Crippen LogP contribution in [0.4, 0.5) is 8.78 Å². The van der Waals surface area contributed by atoms with Crippen molar-refractivity contribution in [2.45, 2.75) is 28.9 Å².